The fourth-order valence-electron chi connectivity index (χ4n) is 1.26. The quantitative estimate of drug-likeness (QED) is 0.634. The van der Waals surface area contributed by atoms with Gasteiger partial charge in [0.1, 0.15) is 0 Å². The van der Waals surface area contributed by atoms with E-state index in [0.717, 1.165) is 0 Å². The van der Waals surface area contributed by atoms with E-state index < -0.39 is 0 Å². The summed E-state index contributed by atoms with van der Waals surface area (Å²) in [6.07, 6.45) is -0.0154. The summed E-state index contributed by atoms with van der Waals surface area (Å²) in [7, 11) is 0. The lowest BCUT2D eigenvalue weighted by Gasteiger charge is -2.38. The molecule has 14 heavy (non-hydrogen) atoms. The molecular formula is C9H23N3O2. The van der Waals surface area contributed by atoms with Gasteiger partial charge in [-0.15, -0.1) is 5.01 Å². The molecule has 0 rings (SSSR count). The van der Waals surface area contributed by atoms with Crippen LogP contribution in [-0.2, 0) is 4.84 Å². The van der Waals surface area contributed by atoms with Crippen LogP contribution in [0.15, 0.2) is 0 Å². The van der Waals surface area contributed by atoms with Gasteiger partial charge in [-0.1, -0.05) is 0 Å². The van der Waals surface area contributed by atoms with Crippen molar-refractivity contribution in [2.75, 3.05) is 0 Å². The summed E-state index contributed by atoms with van der Waals surface area (Å²) in [5.41, 5.74) is 3.66. The van der Waals surface area contributed by atoms with E-state index >= 15 is 0 Å². The molecule has 5 heteroatoms. The van der Waals surface area contributed by atoms with Crippen LogP contribution in [0, 0.1) is 0 Å². The van der Waals surface area contributed by atoms with E-state index in [0.29, 0.717) is 0 Å². The molecule has 0 aromatic rings. The summed E-state index contributed by atoms with van der Waals surface area (Å²) in [5, 5.41) is 11.4. The van der Waals surface area contributed by atoms with Gasteiger partial charge in [0.2, 0.25) is 0 Å². The molecular weight excluding hydrogens is 182 g/mol. The van der Waals surface area contributed by atoms with Crippen molar-refractivity contribution in [1.29, 1.82) is 0 Å². The Balaban J connectivity index is 4.09. The first-order valence-corrected chi connectivity index (χ1v) is 5.07. The van der Waals surface area contributed by atoms with Crippen molar-refractivity contribution in [3.63, 3.8) is 0 Å². The largest absolute Gasteiger partial charge is 0.430 e. The summed E-state index contributed by atoms with van der Waals surface area (Å²) >= 11 is 0. The van der Waals surface area contributed by atoms with Gasteiger partial charge in [0.25, 0.3) is 0 Å². The van der Waals surface area contributed by atoms with Crippen LogP contribution in [0.4, 0.5) is 0 Å². The third-order valence-electron chi connectivity index (χ3n) is 1.69. The number of nitrogens with zero attached hydrogens (tertiary/aromatic N) is 2. The minimum absolute atomic E-state index is 0.0154. The Labute approximate surface area is 86.5 Å². The van der Waals surface area contributed by atoms with Crippen LogP contribution >= 0.6 is 0 Å². The zero-order valence-electron chi connectivity index (χ0n) is 9.98. The second-order valence-corrected chi connectivity index (χ2v) is 4.14. The maximum atomic E-state index is 9.65. The van der Waals surface area contributed by atoms with E-state index in [-0.39, 0.29) is 23.5 Å². The molecule has 0 aromatic carbocycles. The first kappa shape index (κ1) is 13.8. The topological polar surface area (TPSA) is 51.2 Å². The molecule has 0 saturated heterocycles. The highest BCUT2D eigenvalue weighted by Crippen LogP contribution is 1.98. The predicted molar refractivity (Wildman–Crippen MR) is 54.4 cm³/mol. The molecule has 0 fully saturated rings. The molecule has 1 unspecified atom stereocenters. The van der Waals surface area contributed by atoms with Gasteiger partial charge in [-0.2, -0.15) is 5.28 Å². The monoisotopic (exact) mass is 205 g/mol. The molecule has 0 saturated carbocycles. The lowest BCUT2D eigenvalue weighted by molar-refractivity contribution is -1.17. The first-order valence-electron chi connectivity index (χ1n) is 5.07. The highest BCUT2D eigenvalue weighted by Gasteiger charge is 2.20. The van der Waals surface area contributed by atoms with Gasteiger partial charge in [0.05, 0.1) is 12.1 Å². The molecule has 0 aliphatic heterocycles. The summed E-state index contributed by atoms with van der Waals surface area (Å²) in [4.78, 5) is 4.98. The molecule has 0 radical (unpaired) electrons. The lowest BCUT2D eigenvalue weighted by Crippen LogP contribution is -3.14. The second kappa shape index (κ2) is 6.31. The van der Waals surface area contributed by atoms with Crippen LogP contribution in [0.2, 0.25) is 0 Å². The third kappa shape index (κ3) is 4.88. The Bertz CT molecular complexity index is 143. The molecule has 0 aromatic heterocycles. The van der Waals surface area contributed by atoms with E-state index in [9.17, 15) is 5.21 Å². The molecule has 0 spiro atoms. The smallest absolute Gasteiger partial charge is 0.0558 e. The number of quaternary nitrogens is 1. The van der Waals surface area contributed by atoms with E-state index in [1.165, 1.54) is 0 Å². The Hall–Kier alpha value is -0.200. The SMILES string of the molecule is CC(C)O[N-][NH+](O)N(C(C)C)C(C)C. The van der Waals surface area contributed by atoms with Crippen LogP contribution < -0.4 is 5.28 Å². The fraction of sp³-hybridized carbons (Fsp3) is 1.00. The van der Waals surface area contributed by atoms with Crippen molar-refractivity contribution < 1.29 is 15.3 Å². The minimum Gasteiger partial charge on any atom is -0.430 e. The average molecular weight is 205 g/mol. The van der Waals surface area contributed by atoms with Crippen molar-refractivity contribution in [2.24, 2.45) is 0 Å². The molecule has 0 aliphatic carbocycles. The predicted octanol–water partition coefficient (Wildman–Crippen LogP) is 0.923. The van der Waals surface area contributed by atoms with Crippen molar-refractivity contribution >= 4 is 0 Å². The van der Waals surface area contributed by atoms with Crippen molar-refractivity contribution in [3.8, 4) is 0 Å². The molecule has 0 amide bonds. The zero-order chi connectivity index (χ0) is 11.3. The van der Waals surface area contributed by atoms with Crippen molar-refractivity contribution in [3.05, 3.63) is 5.59 Å². The van der Waals surface area contributed by atoms with E-state index in [2.05, 4.69) is 5.59 Å². The van der Waals surface area contributed by atoms with Crippen LogP contribution in [0.3, 0.4) is 0 Å². The van der Waals surface area contributed by atoms with Gasteiger partial charge in [0.15, 0.2) is 0 Å². The number of hydrogen-bond donors (Lipinski definition) is 2. The summed E-state index contributed by atoms with van der Waals surface area (Å²) in [6, 6.07) is 0.407. The third-order valence-corrected chi connectivity index (χ3v) is 1.69. The fourth-order valence-corrected chi connectivity index (χ4v) is 1.26. The van der Waals surface area contributed by atoms with Gasteiger partial charge in [-0.25, -0.2) is 5.21 Å². The highest BCUT2D eigenvalue weighted by molar-refractivity contribution is 4.56. The Morgan fingerprint density at radius 3 is 1.79 bits per heavy atom. The second-order valence-electron chi connectivity index (χ2n) is 4.14. The zero-order valence-corrected chi connectivity index (χ0v) is 9.98. The van der Waals surface area contributed by atoms with Gasteiger partial charge in [-0.05, 0) is 41.5 Å². The molecule has 0 aliphatic rings. The summed E-state index contributed by atoms with van der Waals surface area (Å²) in [5.74, 6) is 0. The lowest BCUT2D eigenvalue weighted by atomic mass is 10.3. The molecule has 0 heterocycles. The van der Waals surface area contributed by atoms with Crippen LogP contribution in [0.1, 0.15) is 41.5 Å². The number of nitrogens with one attached hydrogen (secondary N) is 1. The normalized spacial score (nSPS) is 14.8. The summed E-state index contributed by atoms with van der Waals surface area (Å²) in [6.45, 7) is 11.7. The Kier molecular flexibility index (Phi) is 6.22. The van der Waals surface area contributed by atoms with E-state index in [1.807, 2.05) is 41.5 Å². The maximum absolute atomic E-state index is 9.65. The minimum atomic E-state index is -0.0521. The highest BCUT2D eigenvalue weighted by atomic mass is 16.8. The van der Waals surface area contributed by atoms with Crippen molar-refractivity contribution in [2.45, 2.75) is 59.7 Å². The molecule has 5 nitrogen and oxygen atoms in total. The summed E-state index contributed by atoms with van der Waals surface area (Å²) < 4.78 is 0. The average Bonchev–Trinajstić information content (AvgIpc) is 1.99. The molecule has 86 valence electrons. The standard InChI is InChI=1S/C9H23N3O2/c1-7(2)11(8(3)4)12(13)10-14-9(5)6/h7-9,12-13H,1-6H3. The van der Waals surface area contributed by atoms with Crippen LogP contribution in [0.5, 0.6) is 0 Å². The maximum Gasteiger partial charge on any atom is 0.0558 e. The molecule has 2 N–H and O–H groups in total. The van der Waals surface area contributed by atoms with Gasteiger partial charge >= 0.3 is 0 Å². The van der Waals surface area contributed by atoms with E-state index in [1.54, 1.807) is 5.01 Å². The van der Waals surface area contributed by atoms with Gasteiger partial charge in [0, 0.05) is 6.10 Å². The molecule has 1 atom stereocenters. The number of hydrogen-bond acceptors (Lipinski definition) is 3. The van der Waals surface area contributed by atoms with Gasteiger partial charge in [-0.3, -0.25) is 5.59 Å². The Morgan fingerprint density at radius 1 is 1.07 bits per heavy atom. The van der Waals surface area contributed by atoms with E-state index in [4.69, 9.17) is 4.84 Å². The van der Waals surface area contributed by atoms with Crippen LogP contribution in [-0.4, -0.2) is 28.4 Å². The number of rotatable bonds is 6. The van der Waals surface area contributed by atoms with Crippen molar-refractivity contribution in [1.82, 2.24) is 5.01 Å². The first-order chi connectivity index (χ1) is 6.36. The van der Waals surface area contributed by atoms with Gasteiger partial charge < -0.3 is 4.84 Å². The Morgan fingerprint density at radius 2 is 1.50 bits per heavy atom. The van der Waals surface area contributed by atoms with Crippen LogP contribution in [0.25, 0.3) is 5.59 Å². The molecule has 0 bridgehead atoms.